The average molecular weight is 389 g/mol. The van der Waals surface area contributed by atoms with E-state index in [1.807, 2.05) is 19.1 Å². The topological polar surface area (TPSA) is 59.7 Å². The molecule has 0 spiro atoms. The molecule has 0 saturated heterocycles. The molecule has 0 heterocycles. The van der Waals surface area contributed by atoms with Crippen molar-refractivity contribution in [1.29, 1.82) is 0 Å². The molecule has 0 bridgehead atoms. The Morgan fingerprint density at radius 3 is 2.21 bits per heavy atom. The minimum atomic E-state index is -0.506. The van der Waals surface area contributed by atoms with Gasteiger partial charge in [0.05, 0.1) is 21.2 Å². The second kappa shape index (κ2) is 10.5. The summed E-state index contributed by atoms with van der Waals surface area (Å²) < 4.78 is 11.2. The predicted molar refractivity (Wildman–Crippen MR) is 112 cm³/mol. The van der Waals surface area contributed by atoms with Gasteiger partial charge in [0.25, 0.3) is 0 Å². The molecule has 0 aliphatic rings. The zero-order valence-electron chi connectivity index (χ0n) is 18.1. The molecule has 0 aliphatic carbocycles. The van der Waals surface area contributed by atoms with Crippen LogP contribution in [0.25, 0.3) is 0 Å². The minimum Gasteiger partial charge on any atom is -0.497 e. The molecule has 4 N–H and O–H groups in total. The number of ether oxygens (including phenoxy) is 2. The minimum absolute atomic E-state index is 0.309. The Morgan fingerprint density at radius 1 is 0.964 bits per heavy atom. The van der Waals surface area contributed by atoms with Crippen LogP contribution in [0.1, 0.15) is 28.3 Å². The van der Waals surface area contributed by atoms with Gasteiger partial charge in [0.15, 0.2) is 6.04 Å². The van der Waals surface area contributed by atoms with Gasteiger partial charge in [-0.15, -0.1) is 0 Å². The van der Waals surface area contributed by atoms with Crippen LogP contribution in [0.4, 0.5) is 0 Å². The SMILES string of the molecule is COc1ccc([C@H](C[NH2+]C[C@H](O)COc2c(C)ccc(C)c2C)[NH+](C)C)cc1. The summed E-state index contributed by atoms with van der Waals surface area (Å²) >= 11 is 0. The fourth-order valence-corrected chi connectivity index (χ4v) is 3.39. The van der Waals surface area contributed by atoms with Crippen molar-refractivity contribution in [3.8, 4) is 11.5 Å². The van der Waals surface area contributed by atoms with Crippen molar-refractivity contribution < 1.29 is 24.8 Å². The molecule has 5 heteroatoms. The predicted octanol–water partition coefficient (Wildman–Crippen LogP) is 0.809. The van der Waals surface area contributed by atoms with Crippen LogP contribution in [0.2, 0.25) is 0 Å². The van der Waals surface area contributed by atoms with Crippen LogP contribution in [-0.2, 0) is 0 Å². The largest absolute Gasteiger partial charge is 0.497 e. The Kier molecular flexibility index (Phi) is 8.30. The maximum absolute atomic E-state index is 10.4. The van der Waals surface area contributed by atoms with Gasteiger partial charge in [0.2, 0.25) is 0 Å². The van der Waals surface area contributed by atoms with Crippen LogP contribution in [-0.4, -0.2) is 52.1 Å². The molecular weight excluding hydrogens is 352 g/mol. The number of hydrogen-bond donors (Lipinski definition) is 3. The van der Waals surface area contributed by atoms with E-state index in [0.717, 1.165) is 29.2 Å². The molecule has 0 aromatic heterocycles. The van der Waals surface area contributed by atoms with E-state index in [0.29, 0.717) is 19.2 Å². The number of nitrogens with one attached hydrogen (secondary N) is 1. The maximum Gasteiger partial charge on any atom is 0.162 e. The third-order valence-corrected chi connectivity index (χ3v) is 5.35. The number of rotatable bonds is 10. The summed E-state index contributed by atoms with van der Waals surface area (Å²) in [5, 5.41) is 12.5. The molecule has 2 atom stereocenters. The summed E-state index contributed by atoms with van der Waals surface area (Å²) in [5.74, 6) is 1.77. The van der Waals surface area contributed by atoms with Crippen LogP contribution in [0.3, 0.4) is 0 Å². The molecule has 154 valence electrons. The van der Waals surface area contributed by atoms with Gasteiger partial charge in [0.1, 0.15) is 37.3 Å². The molecule has 2 rings (SSSR count). The van der Waals surface area contributed by atoms with Crippen LogP contribution in [0, 0.1) is 20.8 Å². The van der Waals surface area contributed by atoms with Gasteiger partial charge in [-0.3, -0.25) is 0 Å². The summed E-state index contributed by atoms with van der Waals surface area (Å²) in [4.78, 5) is 1.36. The summed E-state index contributed by atoms with van der Waals surface area (Å²) in [6.07, 6.45) is -0.506. The summed E-state index contributed by atoms with van der Waals surface area (Å²) in [7, 11) is 6.00. The highest BCUT2D eigenvalue weighted by Crippen LogP contribution is 2.25. The number of aliphatic hydroxyl groups excluding tert-OH is 1. The number of benzene rings is 2. The zero-order chi connectivity index (χ0) is 20.7. The van der Waals surface area contributed by atoms with Crippen molar-refractivity contribution in [3.63, 3.8) is 0 Å². The lowest BCUT2D eigenvalue weighted by Crippen LogP contribution is -3.09. The highest BCUT2D eigenvalue weighted by atomic mass is 16.5. The number of hydrogen-bond acceptors (Lipinski definition) is 3. The van der Waals surface area contributed by atoms with Crippen molar-refractivity contribution in [3.05, 3.63) is 58.7 Å². The van der Waals surface area contributed by atoms with E-state index in [1.54, 1.807) is 7.11 Å². The average Bonchev–Trinajstić information content (AvgIpc) is 2.68. The van der Waals surface area contributed by atoms with Crippen LogP contribution in [0.5, 0.6) is 11.5 Å². The van der Waals surface area contributed by atoms with Crippen molar-refractivity contribution >= 4 is 0 Å². The lowest BCUT2D eigenvalue weighted by Gasteiger charge is -2.21. The number of quaternary nitrogens is 2. The summed E-state index contributed by atoms with van der Waals surface area (Å²) in [6.45, 7) is 8.01. The first-order valence-electron chi connectivity index (χ1n) is 9.96. The Bertz CT molecular complexity index is 744. The molecule has 0 aliphatic heterocycles. The number of aliphatic hydroxyl groups is 1. The summed E-state index contributed by atoms with van der Waals surface area (Å²) in [6, 6.07) is 12.8. The number of likely N-dealkylation sites (N-methyl/N-ethyl adjacent to an activating group) is 1. The Morgan fingerprint density at radius 2 is 1.61 bits per heavy atom. The quantitative estimate of drug-likeness (QED) is 0.565. The van der Waals surface area contributed by atoms with E-state index in [1.165, 1.54) is 16.0 Å². The molecule has 28 heavy (non-hydrogen) atoms. The van der Waals surface area contributed by atoms with Crippen molar-refractivity contribution in [2.24, 2.45) is 0 Å². The van der Waals surface area contributed by atoms with E-state index >= 15 is 0 Å². The van der Waals surface area contributed by atoms with E-state index < -0.39 is 6.10 Å². The van der Waals surface area contributed by atoms with E-state index in [2.05, 4.69) is 57.5 Å². The molecule has 5 nitrogen and oxygen atoms in total. The van der Waals surface area contributed by atoms with Gasteiger partial charge in [0, 0.05) is 5.56 Å². The van der Waals surface area contributed by atoms with Crippen molar-refractivity contribution in [2.75, 3.05) is 40.9 Å². The molecule has 2 aromatic carbocycles. The molecule has 0 unspecified atom stereocenters. The van der Waals surface area contributed by atoms with Crippen LogP contribution >= 0.6 is 0 Å². The van der Waals surface area contributed by atoms with Crippen LogP contribution in [0.15, 0.2) is 36.4 Å². The van der Waals surface area contributed by atoms with Gasteiger partial charge >= 0.3 is 0 Å². The second-order valence-corrected chi connectivity index (χ2v) is 7.78. The highest BCUT2D eigenvalue weighted by molar-refractivity contribution is 5.44. The zero-order valence-corrected chi connectivity index (χ0v) is 18.1. The standard InChI is InChI=1S/C23H34N2O3/c1-16-7-8-17(2)23(18(16)3)28-15-20(26)13-24-14-22(25(4)5)19-9-11-21(27-6)12-10-19/h7-12,20,22,24,26H,13-15H2,1-6H3/p+2/t20-,22-/m0/s1. The van der Waals surface area contributed by atoms with Crippen molar-refractivity contribution in [2.45, 2.75) is 32.9 Å². The number of methoxy groups -OCH3 is 1. The number of aryl methyl sites for hydroxylation is 2. The normalized spacial score (nSPS) is 13.4. The smallest absolute Gasteiger partial charge is 0.162 e. The highest BCUT2D eigenvalue weighted by Gasteiger charge is 2.21. The Balaban J connectivity index is 1.86. The van der Waals surface area contributed by atoms with Gasteiger partial charge in [-0.25, -0.2) is 0 Å². The lowest BCUT2D eigenvalue weighted by atomic mass is 10.1. The van der Waals surface area contributed by atoms with Crippen molar-refractivity contribution in [1.82, 2.24) is 0 Å². The van der Waals surface area contributed by atoms with Gasteiger partial charge < -0.3 is 24.8 Å². The fourth-order valence-electron chi connectivity index (χ4n) is 3.39. The molecule has 2 aromatic rings. The fraction of sp³-hybridized carbons (Fsp3) is 0.478. The second-order valence-electron chi connectivity index (χ2n) is 7.78. The van der Waals surface area contributed by atoms with Crippen LogP contribution < -0.4 is 19.7 Å². The lowest BCUT2D eigenvalue weighted by molar-refractivity contribution is -0.909. The first-order valence-corrected chi connectivity index (χ1v) is 9.96. The Labute approximate surface area is 169 Å². The van der Waals surface area contributed by atoms with Gasteiger partial charge in [-0.2, -0.15) is 0 Å². The van der Waals surface area contributed by atoms with E-state index in [4.69, 9.17) is 9.47 Å². The molecule has 0 fully saturated rings. The first kappa shape index (κ1) is 22.2. The Hall–Kier alpha value is -2.08. The molecule has 0 radical (unpaired) electrons. The molecular formula is C23H36N2O3+2. The third kappa shape index (κ3) is 5.96. The maximum atomic E-state index is 10.4. The monoisotopic (exact) mass is 388 g/mol. The summed E-state index contributed by atoms with van der Waals surface area (Å²) in [5.41, 5.74) is 4.73. The van der Waals surface area contributed by atoms with Gasteiger partial charge in [-0.1, -0.05) is 12.1 Å². The molecule has 0 amide bonds. The van der Waals surface area contributed by atoms with E-state index in [-0.39, 0.29) is 0 Å². The third-order valence-electron chi connectivity index (χ3n) is 5.35. The molecule has 0 saturated carbocycles. The van der Waals surface area contributed by atoms with E-state index in [9.17, 15) is 5.11 Å². The number of nitrogens with two attached hydrogens (primary N) is 1. The van der Waals surface area contributed by atoms with Gasteiger partial charge in [-0.05, 0) is 61.7 Å². The first-order chi connectivity index (χ1) is 13.3.